The molecule has 1 spiro atoms. The van der Waals surface area contributed by atoms with Crippen LogP contribution in [0.5, 0.6) is 0 Å². The van der Waals surface area contributed by atoms with Gasteiger partial charge in [-0.15, -0.1) is 6.58 Å². The molecule has 0 saturated carbocycles. The Bertz CT molecular complexity index is 1410. The van der Waals surface area contributed by atoms with Crippen LogP contribution in [0.3, 0.4) is 0 Å². The Morgan fingerprint density at radius 2 is 2.00 bits per heavy atom. The second-order valence-electron chi connectivity index (χ2n) is 13.1. The van der Waals surface area contributed by atoms with Crippen LogP contribution in [0.25, 0.3) is 0 Å². The van der Waals surface area contributed by atoms with Gasteiger partial charge in [0.05, 0.1) is 30.7 Å². The van der Waals surface area contributed by atoms with E-state index in [1.165, 1.54) is 0 Å². The summed E-state index contributed by atoms with van der Waals surface area (Å²) in [6.45, 7) is 11.5. The van der Waals surface area contributed by atoms with Gasteiger partial charge in [0.1, 0.15) is 0 Å². The molecule has 2 aromatic carbocycles. The van der Waals surface area contributed by atoms with E-state index in [-0.39, 0.29) is 49.8 Å². The molecular formula is C34H46N4O6Si. The number of rotatable bonds is 11. The Hall–Kier alpha value is -3.35. The number of anilines is 2. The van der Waals surface area contributed by atoms with Crippen LogP contribution in [0.4, 0.5) is 11.4 Å². The van der Waals surface area contributed by atoms with E-state index in [4.69, 9.17) is 4.74 Å². The number of carbonyl (C=O) groups excluding carboxylic acids is 3. The van der Waals surface area contributed by atoms with Gasteiger partial charge >= 0.3 is 0 Å². The molecule has 2 fully saturated rings. The minimum atomic E-state index is -3.00. The fourth-order valence-electron chi connectivity index (χ4n) is 7.50. The van der Waals surface area contributed by atoms with E-state index in [0.717, 1.165) is 24.9 Å². The molecular weight excluding hydrogens is 588 g/mol. The first kappa shape index (κ1) is 33.0. The van der Waals surface area contributed by atoms with Crippen LogP contribution in [-0.4, -0.2) is 79.7 Å². The molecule has 2 aromatic rings. The molecule has 242 valence electrons. The lowest BCUT2D eigenvalue weighted by atomic mass is 9.82. The summed E-state index contributed by atoms with van der Waals surface area (Å²) in [6, 6.07) is 15.0. The maximum Gasteiger partial charge on any atom is 0.264 e. The molecule has 3 heterocycles. The van der Waals surface area contributed by atoms with Gasteiger partial charge in [0, 0.05) is 48.9 Å². The molecule has 3 aliphatic heterocycles. The second-order valence-corrected chi connectivity index (χ2v) is 17.0. The number of ether oxygens (including phenoxy) is 1. The Labute approximate surface area is 266 Å². The molecule has 3 aliphatic rings. The quantitative estimate of drug-likeness (QED) is 0.220. The summed E-state index contributed by atoms with van der Waals surface area (Å²) in [4.78, 5) is 56.2. The zero-order valence-electron chi connectivity index (χ0n) is 26.5. The van der Waals surface area contributed by atoms with Gasteiger partial charge in [-0.3, -0.25) is 14.4 Å². The Morgan fingerprint density at radius 3 is 2.64 bits per heavy atom. The molecule has 3 amide bonds. The largest absolute Gasteiger partial charge is 0.432 e. The van der Waals surface area contributed by atoms with Crippen molar-refractivity contribution in [3.05, 3.63) is 72.3 Å². The first-order valence-corrected chi connectivity index (χ1v) is 19.0. The molecule has 0 aliphatic carbocycles. The number of nitrogens with zero attached hydrogens (tertiary/aromatic N) is 2. The van der Waals surface area contributed by atoms with Gasteiger partial charge in [0.25, 0.3) is 5.91 Å². The lowest BCUT2D eigenvalue weighted by Gasteiger charge is -2.32. The molecule has 4 N–H and O–H groups in total. The highest BCUT2D eigenvalue weighted by Gasteiger charge is 2.66. The second kappa shape index (κ2) is 13.6. The zero-order chi connectivity index (χ0) is 32.4. The van der Waals surface area contributed by atoms with E-state index in [0.29, 0.717) is 30.0 Å². The average molecular weight is 635 g/mol. The number of hydrogen-bond donors (Lipinski definition) is 4. The number of benzene rings is 2. The van der Waals surface area contributed by atoms with E-state index in [1.54, 1.807) is 21.9 Å². The fourth-order valence-corrected chi connectivity index (χ4v) is 10.1. The summed E-state index contributed by atoms with van der Waals surface area (Å²) in [6.07, 6.45) is 2.63. The predicted octanol–water partition coefficient (Wildman–Crippen LogP) is 3.37. The first-order valence-electron chi connectivity index (χ1n) is 15.9. The van der Waals surface area contributed by atoms with Gasteiger partial charge < -0.3 is 35.1 Å². The topological polar surface area (TPSA) is 131 Å². The molecule has 5 atom stereocenters. The van der Waals surface area contributed by atoms with Gasteiger partial charge in [-0.05, 0) is 56.2 Å². The Balaban J connectivity index is 1.49. The van der Waals surface area contributed by atoms with Crippen molar-refractivity contribution in [2.45, 2.75) is 63.1 Å². The number of piperidine rings is 1. The van der Waals surface area contributed by atoms with Crippen molar-refractivity contribution in [1.29, 1.82) is 0 Å². The average Bonchev–Trinajstić information content (AvgIpc) is 3.44. The van der Waals surface area contributed by atoms with Crippen molar-refractivity contribution >= 4 is 37.4 Å². The number of carbonyl (C=O) groups is 3. The minimum absolute atomic E-state index is 0.0459. The molecule has 2 saturated heterocycles. The van der Waals surface area contributed by atoms with Crippen molar-refractivity contribution in [3.8, 4) is 0 Å². The molecule has 11 heteroatoms. The summed E-state index contributed by atoms with van der Waals surface area (Å²) >= 11 is 0. The normalized spacial score (nSPS) is 26.2. The van der Waals surface area contributed by atoms with E-state index < -0.39 is 31.5 Å². The number of hydrogen-bond acceptors (Lipinski definition) is 7. The third-order valence-corrected chi connectivity index (χ3v) is 12.0. The maximum atomic E-state index is 14.4. The van der Waals surface area contributed by atoms with E-state index >= 15 is 0 Å². The highest BCUT2D eigenvalue weighted by atomic mass is 28.4. The summed E-state index contributed by atoms with van der Waals surface area (Å²) in [5.74, 6) is -1.16. The summed E-state index contributed by atoms with van der Waals surface area (Å²) < 4.78 is 6.82. The number of fused-ring (bicyclic) bond motifs is 2. The zero-order valence-corrected chi connectivity index (χ0v) is 27.5. The molecule has 0 aromatic heterocycles. The summed E-state index contributed by atoms with van der Waals surface area (Å²) in [5, 5.41) is 16.1. The number of nitrogens with one attached hydrogen (secondary N) is 2. The molecule has 10 nitrogen and oxygen atoms in total. The minimum Gasteiger partial charge on any atom is -0.432 e. The Kier molecular flexibility index (Phi) is 9.95. The van der Waals surface area contributed by atoms with Crippen molar-refractivity contribution in [2.75, 3.05) is 43.0 Å². The van der Waals surface area contributed by atoms with E-state index in [9.17, 15) is 24.3 Å². The van der Waals surface area contributed by atoms with Gasteiger partial charge in [-0.25, -0.2) is 0 Å². The van der Waals surface area contributed by atoms with Crippen LogP contribution >= 0.6 is 0 Å². The summed E-state index contributed by atoms with van der Waals surface area (Å²) in [5.41, 5.74) is 0.898. The van der Waals surface area contributed by atoms with Crippen molar-refractivity contribution in [1.82, 2.24) is 10.2 Å². The van der Waals surface area contributed by atoms with Crippen LogP contribution in [0, 0.1) is 11.8 Å². The molecule has 0 bridgehead atoms. The lowest BCUT2D eigenvalue weighted by Crippen LogP contribution is -2.46. The van der Waals surface area contributed by atoms with Gasteiger partial charge in [0.15, 0.2) is 13.9 Å². The first-order chi connectivity index (χ1) is 21.5. The molecule has 1 unspecified atom stereocenters. The van der Waals surface area contributed by atoms with Crippen LogP contribution in [-0.2, 0) is 31.3 Å². The van der Waals surface area contributed by atoms with Crippen molar-refractivity contribution in [2.24, 2.45) is 11.8 Å². The maximum absolute atomic E-state index is 14.4. The Morgan fingerprint density at radius 1 is 1.24 bits per heavy atom. The van der Waals surface area contributed by atoms with Gasteiger partial charge in [-0.1, -0.05) is 43.3 Å². The van der Waals surface area contributed by atoms with E-state index in [2.05, 4.69) is 17.2 Å². The SMILES string of the molecule is C=CCN1C(=O)[C@@]2(O[C@@H](CC(=O)N(CCO)Cc3ccccc3)[C@H]([Si](C)(C)O)[C@H]2C)c2cc(NC(=O)C3CCCNC3)ccc21. The van der Waals surface area contributed by atoms with Crippen LogP contribution in [0.1, 0.15) is 37.3 Å². The number of amides is 3. The third-order valence-electron chi connectivity index (χ3n) is 9.55. The van der Waals surface area contributed by atoms with Crippen molar-refractivity contribution in [3.63, 3.8) is 0 Å². The fraction of sp³-hybridized carbons (Fsp3) is 0.500. The van der Waals surface area contributed by atoms with Crippen molar-refractivity contribution < 1.29 is 29.0 Å². The highest BCUT2D eigenvalue weighted by molar-refractivity contribution is 6.71. The number of aliphatic hydroxyl groups is 1. The highest BCUT2D eigenvalue weighted by Crippen LogP contribution is 2.60. The smallest absolute Gasteiger partial charge is 0.264 e. The molecule has 0 radical (unpaired) electrons. The number of aliphatic hydroxyl groups excluding tert-OH is 1. The van der Waals surface area contributed by atoms with Crippen LogP contribution < -0.4 is 15.5 Å². The van der Waals surface area contributed by atoms with E-state index in [1.807, 2.05) is 62.5 Å². The lowest BCUT2D eigenvalue weighted by molar-refractivity contribution is -0.149. The molecule has 45 heavy (non-hydrogen) atoms. The monoisotopic (exact) mass is 634 g/mol. The summed E-state index contributed by atoms with van der Waals surface area (Å²) in [7, 11) is -3.00. The predicted molar refractivity (Wildman–Crippen MR) is 176 cm³/mol. The van der Waals surface area contributed by atoms with Gasteiger partial charge in [0.2, 0.25) is 11.8 Å². The van der Waals surface area contributed by atoms with Crippen LogP contribution in [0.15, 0.2) is 61.2 Å². The van der Waals surface area contributed by atoms with Crippen LogP contribution in [0.2, 0.25) is 18.6 Å². The third kappa shape index (κ3) is 6.50. The van der Waals surface area contributed by atoms with Gasteiger partial charge in [-0.2, -0.15) is 0 Å². The standard InChI is InChI=1S/C34H46N4O6Si/c1-5-16-38-28-14-13-26(36-32(41)25-12-9-15-35-21-25)19-27(28)34(33(38)42)23(2)31(45(3,4)43)29(44-34)20-30(40)37(17-18-39)22-24-10-7-6-8-11-24/h5-8,10-11,13-14,19,23,25,29,31,35,39,43H,1,9,12,15-18,20-22H2,2-4H3,(H,36,41)/t23-,25?,29+,31-,34+/m1/s1. The molecule has 5 rings (SSSR count).